The van der Waals surface area contributed by atoms with E-state index in [1.807, 2.05) is 0 Å². The lowest BCUT2D eigenvalue weighted by molar-refractivity contribution is 0.267. The largest absolute Gasteiger partial charge is 0.506 e. The van der Waals surface area contributed by atoms with Crippen LogP contribution in [-0.4, -0.2) is 16.8 Å². The molecule has 3 nitrogen and oxygen atoms in total. The molecule has 0 saturated carbocycles. The molecule has 0 saturated heterocycles. The summed E-state index contributed by atoms with van der Waals surface area (Å²) in [6.45, 7) is 1.66. The number of hydrogen-bond acceptors (Lipinski definition) is 3. The lowest BCUT2D eigenvalue weighted by Crippen LogP contribution is -2.15. The zero-order valence-electron chi connectivity index (χ0n) is 7.29. The summed E-state index contributed by atoms with van der Waals surface area (Å²) in [6, 6.07) is 3.10. The first-order chi connectivity index (χ1) is 6.07. The van der Waals surface area contributed by atoms with Crippen LogP contribution >= 0.6 is 15.9 Å². The van der Waals surface area contributed by atoms with Crippen molar-refractivity contribution in [2.45, 2.75) is 13.0 Å². The lowest BCUT2D eigenvalue weighted by atomic mass is 10.1. The van der Waals surface area contributed by atoms with Gasteiger partial charge in [0.15, 0.2) is 0 Å². The molecular formula is C9H12BrNO2. The molecule has 0 spiro atoms. The van der Waals surface area contributed by atoms with Crippen molar-refractivity contribution in [2.75, 3.05) is 6.61 Å². The summed E-state index contributed by atoms with van der Waals surface area (Å²) in [6.07, 6.45) is 0. The van der Waals surface area contributed by atoms with Crippen molar-refractivity contribution in [1.29, 1.82) is 0 Å². The Hall–Kier alpha value is -0.580. The van der Waals surface area contributed by atoms with Gasteiger partial charge in [-0.15, -0.1) is 0 Å². The van der Waals surface area contributed by atoms with E-state index in [2.05, 4.69) is 15.9 Å². The van der Waals surface area contributed by atoms with Crippen LogP contribution in [-0.2, 0) is 0 Å². The number of aliphatic hydroxyl groups excluding tert-OH is 1. The number of phenolic OH excluding ortho intramolecular Hbond substituents is 1. The van der Waals surface area contributed by atoms with Crippen molar-refractivity contribution < 1.29 is 10.2 Å². The van der Waals surface area contributed by atoms with Crippen molar-refractivity contribution in [3.8, 4) is 5.75 Å². The maximum atomic E-state index is 9.55. The number of benzene rings is 1. The Morgan fingerprint density at radius 2 is 2.15 bits per heavy atom. The average Bonchev–Trinajstić information content (AvgIpc) is 2.13. The second-order valence-electron chi connectivity index (χ2n) is 2.92. The van der Waals surface area contributed by atoms with Crippen molar-refractivity contribution in [2.24, 2.45) is 5.73 Å². The number of aliphatic hydroxyl groups is 1. The number of hydrogen-bond donors (Lipinski definition) is 3. The van der Waals surface area contributed by atoms with Crippen LogP contribution in [0.3, 0.4) is 0 Å². The van der Waals surface area contributed by atoms with E-state index in [1.54, 1.807) is 19.1 Å². The Bertz CT molecular complexity index is 315. The monoisotopic (exact) mass is 245 g/mol. The Balaban J connectivity index is 3.18. The predicted molar refractivity (Wildman–Crippen MR) is 54.6 cm³/mol. The maximum absolute atomic E-state index is 9.55. The molecule has 72 valence electrons. The summed E-state index contributed by atoms with van der Waals surface area (Å²) in [7, 11) is 0. The Labute approximate surface area is 85.3 Å². The molecule has 1 atom stereocenters. The molecule has 4 heteroatoms. The van der Waals surface area contributed by atoms with Crippen LogP contribution < -0.4 is 5.73 Å². The van der Waals surface area contributed by atoms with Gasteiger partial charge >= 0.3 is 0 Å². The minimum absolute atomic E-state index is 0.138. The van der Waals surface area contributed by atoms with Crippen LogP contribution in [0.15, 0.2) is 16.6 Å². The molecule has 1 unspecified atom stereocenters. The topological polar surface area (TPSA) is 66.5 Å². The van der Waals surface area contributed by atoms with E-state index < -0.39 is 6.04 Å². The summed E-state index contributed by atoms with van der Waals surface area (Å²) in [5.41, 5.74) is 7.11. The molecule has 0 amide bonds. The highest BCUT2D eigenvalue weighted by Gasteiger charge is 2.12. The van der Waals surface area contributed by atoms with Gasteiger partial charge in [-0.2, -0.15) is 0 Å². The predicted octanol–water partition coefficient (Wildman–Crippen LogP) is 1.46. The van der Waals surface area contributed by atoms with Crippen molar-refractivity contribution in [3.63, 3.8) is 0 Å². The third-order valence-electron chi connectivity index (χ3n) is 1.94. The lowest BCUT2D eigenvalue weighted by Gasteiger charge is -2.12. The van der Waals surface area contributed by atoms with Crippen molar-refractivity contribution in [1.82, 2.24) is 0 Å². The van der Waals surface area contributed by atoms with E-state index in [4.69, 9.17) is 10.8 Å². The van der Waals surface area contributed by atoms with Crippen molar-refractivity contribution in [3.05, 3.63) is 27.7 Å². The summed E-state index contributed by atoms with van der Waals surface area (Å²) in [4.78, 5) is 0. The van der Waals surface area contributed by atoms with Crippen LogP contribution in [0.2, 0.25) is 0 Å². The van der Waals surface area contributed by atoms with E-state index in [1.165, 1.54) is 0 Å². The summed E-state index contributed by atoms with van der Waals surface area (Å²) in [5, 5.41) is 18.4. The fourth-order valence-corrected chi connectivity index (χ4v) is 1.80. The zero-order chi connectivity index (χ0) is 10.0. The molecule has 1 aromatic rings. The van der Waals surface area contributed by atoms with Gasteiger partial charge in [0.2, 0.25) is 0 Å². The third-order valence-corrected chi connectivity index (χ3v) is 2.78. The van der Waals surface area contributed by atoms with Gasteiger partial charge in [-0.3, -0.25) is 0 Å². The van der Waals surface area contributed by atoms with Crippen LogP contribution in [0, 0.1) is 6.92 Å². The van der Waals surface area contributed by atoms with E-state index in [0.29, 0.717) is 10.0 Å². The molecule has 0 fully saturated rings. The molecule has 0 aliphatic rings. The third kappa shape index (κ3) is 2.02. The second kappa shape index (κ2) is 4.09. The number of rotatable bonds is 2. The molecule has 0 aromatic heterocycles. The van der Waals surface area contributed by atoms with E-state index in [9.17, 15) is 5.11 Å². The van der Waals surface area contributed by atoms with E-state index in [0.717, 1.165) is 5.56 Å². The van der Waals surface area contributed by atoms with Gasteiger partial charge in [-0.05, 0) is 34.0 Å². The molecule has 1 rings (SSSR count). The van der Waals surface area contributed by atoms with Gasteiger partial charge in [0.05, 0.1) is 17.1 Å². The highest BCUT2D eigenvalue weighted by Crippen LogP contribution is 2.33. The normalized spacial score (nSPS) is 12.9. The molecule has 0 radical (unpaired) electrons. The van der Waals surface area contributed by atoms with Gasteiger partial charge in [0.1, 0.15) is 5.75 Å². The molecule has 13 heavy (non-hydrogen) atoms. The first-order valence-electron chi connectivity index (χ1n) is 3.92. The molecular weight excluding hydrogens is 234 g/mol. The van der Waals surface area contributed by atoms with Gasteiger partial charge in [0, 0.05) is 0 Å². The highest BCUT2D eigenvalue weighted by molar-refractivity contribution is 9.10. The van der Waals surface area contributed by atoms with E-state index >= 15 is 0 Å². The minimum atomic E-state index is -0.458. The fourth-order valence-electron chi connectivity index (χ4n) is 1.06. The molecule has 0 bridgehead atoms. The molecule has 1 aromatic carbocycles. The van der Waals surface area contributed by atoms with Crippen LogP contribution in [0.25, 0.3) is 0 Å². The van der Waals surface area contributed by atoms with Crippen LogP contribution in [0.1, 0.15) is 17.2 Å². The highest BCUT2D eigenvalue weighted by atomic mass is 79.9. The number of phenols is 1. The fraction of sp³-hybridized carbons (Fsp3) is 0.333. The standard InChI is InChI=1S/C9H12BrNO2/c1-5-2-3-6(7(11)4-12)8(10)9(5)13/h2-3,7,12-13H,4,11H2,1H3. The quantitative estimate of drug-likeness (QED) is 0.739. The Kier molecular flexibility index (Phi) is 3.30. The number of halogens is 1. The zero-order valence-corrected chi connectivity index (χ0v) is 8.87. The van der Waals surface area contributed by atoms with Crippen molar-refractivity contribution >= 4 is 15.9 Å². The minimum Gasteiger partial charge on any atom is -0.506 e. The van der Waals surface area contributed by atoms with Gasteiger partial charge in [0.25, 0.3) is 0 Å². The first kappa shape index (κ1) is 10.5. The summed E-state index contributed by atoms with van der Waals surface area (Å²) < 4.78 is 0.564. The molecule has 0 heterocycles. The van der Waals surface area contributed by atoms with Gasteiger partial charge < -0.3 is 15.9 Å². The number of aryl methyl sites for hydroxylation is 1. The number of nitrogens with two attached hydrogens (primary N) is 1. The maximum Gasteiger partial charge on any atom is 0.132 e. The number of aromatic hydroxyl groups is 1. The van der Waals surface area contributed by atoms with E-state index in [-0.39, 0.29) is 12.4 Å². The van der Waals surface area contributed by atoms with Crippen LogP contribution in [0.5, 0.6) is 5.75 Å². The summed E-state index contributed by atoms with van der Waals surface area (Å²) in [5.74, 6) is 0.182. The second-order valence-corrected chi connectivity index (χ2v) is 3.72. The van der Waals surface area contributed by atoms with Gasteiger partial charge in [-0.1, -0.05) is 12.1 Å². The Morgan fingerprint density at radius 1 is 1.54 bits per heavy atom. The molecule has 0 aliphatic carbocycles. The van der Waals surface area contributed by atoms with Gasteiger partial charge in [-0.25, -0.2) is 0 Å². The first-order valence-corrected chi connectivity index (χ1v) is 4.71. The van der Waals surface area contributed by atoms with Crippen LogP contribution in [0.4, 0.5) is 0 Å². The smallest absolute Gasteiger partial charge is 0.132 e. The Morgan fingerprint density at radius 3 is 2.69 bits per heavy atom. The molecule has 4 N–H and O–H groups in total. The SMILES string of the molecule is Cc1ccc(C(N)CO)c(Br)c1O. The summed E-state index contributed by atoms with van der Waals surface area (Å²) >= 11 is 3.23. The average molecular weight is 246 g/mol. The molecule has 0 aliphatic heterocycles.